The maximum absolute atomic E-state index is 10.9. The minimum Gasteiger partial charge on any atom is -0.258 e. The molecule has 0 N–H and O–H groups in total. The normalized spacial score (nSPS) is 10.8. The van der Waals surface area contributed by atoms with Crippen molar-refractivity contribution in [3.05, 3.63) is 63.3 Å². The zero-order chi connectivity index (χ0) is 15.0. The molecule has 0 unspecified atom stereocenters. The SMILES string of the molecule is Cc1ccc(-c2nc(Cl)c3ccc([N+](=O)[O-])cc3n2)cc1. The van der Waals surface area contributed by atoms with Crippen LogP contribution in [0, 0.1) is 17.0 Å². The van der Waals surface area contributed by atoms with Crippen LogP contribution in [0.2, 0.25) is 5.15 Å². The van der Waals surface area contributed by atoms with Gasteiger partial charge < -0.3 is 0 Å². The Morgan fingerprint density at radius 1 is 1.10 bits per heavy atom. The van der Waals surface area contributed by atoms with Crippen LogP contribution in [-0.2, 0) is 0 Å². The first-order valence-electron chi connectivity index (χ1n) is 6.23. The number of halogens is 1. The van der Waals surface area contributed by atoms with Crippen molar-refractivity contribution in [2.45, 2.75) is 6.92 Å². The maximum atomic E-state index is 10.9. The number of nitro benzene ring substituents is 1. The second kappa shape index (κ2) is 5.10. The van der Waals surface area contributed by atoms with E-state index in [0.717, 1.165) is 11.1 Å². The van der Waals surface area contributed by atoms with Crippen LogP contribution in [0.5, 0.6) is 0 Å². The van der Waals surface area contributed by atoms with Crippen LogP contribution < -0.4 is 0 Å². The lowest BCUT2D eigenvalue weighted by Gasteiger charge is -2.05. The van der Waals surface area contributed by atoms with Crippen LogP contribution in [0.3, 0.4) is 0 Å². The highest BCUT2D eigenvalue weighted by molar-refractivity contribution is 6.34. The smallest absolute Gasteiger partial charge is 0.258 e. The van der Waals surface area contributed by atoms with E-state index in [1.807, 2.05) is 31.2 Å². The van der Waals surface area contributed by atoms with Crippen LogP contribution >= 0.6 is 11.6 Å². The van der Waals surface area contributed by atoms with Crippen molar-refractivity contribution in [1.29, 1.82) is 0 Å². The topological polar surface area (TPSA) is 68.9 Å². The van der Waals surface area contributed by atoms with Gasteiger partial charge in [0, 0.05) is 23.1 Å². The van der Waals surface area contributed by atoms with Crippen LogP contribution in [0.4, 0.5) is 5.69 Å². The minimum atomic E-state index is -0.457. The Balaban J connectivity index is 2.20. The fourth-order valence-corrected chi connectivity index (χ4v) is 2.26. The molecule has 21 heavy (non-hydrogen) atoms. The van der Waals surface area contributed by atoms with Gasteiger partial charge in [0.25, 0.3) is 5.69 Å². The number of non-ortho nitro benzene ring substituents is 1. The molecule has 3 aromatic rings. The monoisotopic (exact) mass is 299 g/mol. The van der Waals surface area contributed by atoms with E-state index in [-0.39, 0.29) is 10.8 Å². The molecule has 0 bridgehead atoms. The molecular weight excluding hydrogens is 290 g/mol. The number of hydrogen-bond donors (Lipinski definition) is 0. The molecule has 0 saturated heterocycles. The summed E-state index contributed by atoms with van der Waals surface area (Å²) in [5.74, 6) is 0.452. The molecule has 0 fully saturated rings. The van der Waals surface area contributed by atoms with E-state index in [1.54, 1.807) is 6.07 Å². The summed E-state index contributed by atoms with van der Waals surface area (Å²) < 4.78 is 0. The number of rotatable bonds is 2. The molecule has 0 aliphatic heterocycles. The molecule has 1 heterocycles. The number of nitro groups is 1. The predicted octanol–water partition coefficient (Wildman–Crippen LogP) is 4.17. The number of hydrogen-bond acceptors (Lipinski definition) is 4. The molecule has 5 nitrogen and oxygen atoms in total. The van der Waals surface area contributed by atoms with Gasteiger partial charge >= 0.3 is 0 Å². The Hall–Kier alpha value is -2.53. The predicted molar refractivity (Wildman–Crippen MR) is 81.4 cm³/mol. The highest BCUT2D eigenvalue weighted by Gasteiger charge is 2.12. The first-order chi connectivity index (χ1) is 10.0. The summed E-state index contributed by atoms with van der Waals surface area (Å²) in [5.41, 5.74) is 2.38. The summed E-state index contributed by atoms with van der Waals surface area (Å²) in [7, 11) is 0. The molecule has 0 amide bonds. The van der Waals surface area contributed by atoms with Gasteiger partial charge in [-0.25, -0.2) is 9.97 Å². The highest BCUT2D eigenvalue weighted by Crippen LogP contribution is 2.27. The maximum Gasteiger partial charge on any atom is 0.271 e. The summed E-state index contributed by atoms with van der Waals surface area (Å²) in [6.07, 6.45) is 0. The fraction of sp³-hybridized carbons (Fsp3) is 0.0667. The van der Waals surface area contributed by atoms with Crippen molar-refractivity contribution in [3.63, 3.8) is 0 Å². The van der Waals surface area contributed by atoms with Crippen molar-refractivity contribution >= 4 is 28.2 Å². The summed E-state index contributed by atoms with van der Waals surface area (Å²) in [6, 6.07) is 12.0. The van der Waals surface area contributed by atoms with E-state index in [4.69, 9.17) is 11.6 Å². The van der Waals surface area contributed by atoms with Crippen molar-refractivity contribution in [2.75, 3.05) is 0 Å². The van der Waals surface area contributed by atoms with Gasteiger partial charge in [-0.1, -0.05) is 41.4 Å². The van der Waals surface area contributed by atoms with Crippen molar-refractivity contribution < 1.29 is 4.92 Å². The van der Waals surface area contributed by atoms with Gasteiger partial charge in [0.05, 0.1) is 10.4 Å². The van der Waals surface area contributed by atoms with Gasteiger partial charge in [0.2, 0.25) is 0 Å². The van der Waals surface area contributed by atoms with Crippen molar-refractivity contribution in [1.82, 2.24) is 9.97 Å². The van der Waals surface area contributed by atoms with Crippen LogP contribution in [0.25, 0.3) is 22.3 Å². The Kier molecular flexibility index (Phi) is 3.27. The lowest BCUT2D eigenvalue weighted by Crippen LogP contribution is -1.94. The Labute approximate surface area is 125 Å². The van der Waals surface area contributed by atoms with E-state index < -0.39 is 4.92 Å². The van der Waals surface area contributed by atoms with Crippen molar-refractivity contribution in [3.8, 4) is 11.4 Å². The summed E-state index contributed by atoms with van der Waals surface area (Å²) in [4.78, 5) is 19.0. The molecule has 3 rings (SSSR count). The summed E-state index contributed by atoms with van der Waals surface area (Å²) in [5, 5.41) is 11.7. The average Bonchev–Trinajstić information content (AvgIpc) is 2.47. The molecule has 2 aromatic carbocycles. The average molecular weight is 300 g/mol. The second-order valence-electron chi connectivity index (χ2n) is 4.66. The van der Waals surface area contributed by atoms with Crippen molar-refractivity contribution in [2.24, 2.45) is 0 Å². The number of aryl methyl sites for hydroxylation is 1. The minimum absolute atomic E-state index is 0.0212. The number of benzene rings is 2. The Bertz CT molecular complexity index is 847. The van der Waals surface area contributed by atoms with E-state index in [2.05, 4.69) is 9.97 Å². The lowest BCUT2D eigenvalue weighted by molar-refractivity contribution is -0.384. The van der Waals surface area contributed by atoms with E-state index in [0.29, 0.717) is 16.7 Å². The van der Waals surface area contributed by atoms with E-state index in [1.165, 1.54) is 12.1 Å². The third-order valence-corrected chi connectivity index (χ3v) is 3.44. The van der Waals surface area contributed by atoms with Crippen LogP contribution in [0.15, 0.2) is 42.5 Å². The number of nitrogens with zero attached hydrogens (tertiary/aromatic N) is 3. The molecular formula is C15H10ClN3O2. The Morgan fingerprint density at radius 3 is 2.48 bits per heavy atom. The van der Waals surface area contributed by atoms with Crippen LogP contribution in [0.1, 0.15) is 5.56 Å². The largest absolute Gasteiger partial charge is 0.271 e. The standard InChI is InChI=1S/C15H10ClN3O2/c1-9-2-4-10(5-3-9)15-17-13-8-11(19(20)21)6-7-12(13)14(16)18-15/h2-8H,1H3. The first-order valence-corrected chi connectivity index (χ1v) is 6.61. The van der Waals surface area contributed by atoms with E-state index in [9.17, 15) is 10.1 Å². The molecule has 0 radical (unpaired) electrons. The molecule has 0 aliphatic carbocycles. The van der Waals surface area contributed by atoms with Gasteiger partial charge in [-0.2, -0.15) is 0 Å². The zero-order valence-corrected chi connectivity index (χ0v) is 11.8. The molecule has 0 spiro atoms. The summed E-state index contributed by atoms with van der Waals surface area (Å²) >= 11 is 6.15. The van der Waals surface area contributed by atoms with E-state index >= 15 is 0 Å². The molecule has 0 saturated carbocycles. The summed E-state index contributed by atoms with van der Waals surface area (Å²) in [6.45, 7) is 1.99. The highest BCUT2D eigenvalue weighted by atomic mass is 35.5. The molecule has 1 aromatic heterocycles. The lowest BCUT2D eigenvalue weighted by atomic mass is 10.1. The number of fused-ring (bicyclic) bond motifs is 1. The molecule has 0 atom stereocenters. The van der Waals surface area contributed by atoms with Gasteiger partial charge in [0.15, 0.2) is 5.82 Å². The molecule has 104 valence electrons. The van der Waals surface area contributed by atoms with Gasteiger partial charge in [-0.15, -0.1) is 0 Å². The van der Waals surface area contributed by atoms with Gasteiger partial charge in [-0.3, -0.25) is 10.1 Å². The first kappa shape index (κ1) is 13.5. The third kappa shape index (κ3) is 2.55. The second-order valence-corrected chi connectivity index (χ2v) is 5.02. The fourth-order valence-electron chi connectivity index (χ4n) is 2.02. The van der Waals surface area contributed by atoms with Gasteiger partial charge in [0.1, 0.15) is 5.15 Å². The zero-order valence-electron chi connectivity index (χ0n) is 11.1. The quantitative estimate of drug-likeness (QED) is 0.404. The molecule has 0 aliphatic rings. The van der Waals surface area contributed by atoms with Gasteiger partial charge in [-0.05, 0) is 13.0 Å². The molecule has 6 heteroatoms. The third-order valence-electron chi connectivity index (χ3n) is 3.15. The number of aromatic nitrogens is 2. The van der Waals surface area contributed by atoms with Crippen LogP contribution in [-0.4, -0.2) is 14.9 Å². The Morgan fingerprint density at radius 2 is 1.81 bits per heavy atom.